The summed E-state index contributed by atoms with van der Waals surface area (Å²) >= 11 is 0. The Morgan fingerprint density at radius 2 is 1.78 bits per heavy atom. The minimum atomic E-state index is -0.310. The van der Waals surface area contributed by atoms with Gasteiger partial charge < -0.3 is 5.11 Å². The van der Waals surface area contributed by atoms with Crippen LogP contribution in [-0.4, -0.2) is 18.0 Å². The van der Waals surface area contributed by atoms with Crippen LogP contribution in [0, 0.1) is 5.82 Å². The molecule has 0 heterocycles. The Morgan fingerprint density at radius 1 is 1.11 bits per heavy atom. The maximum absolute atomic E-state index is 13.3. The van der Waals surface area contributed by atoms with Gasteiger partial charge in [-0.2, -0.15) is 0 Å². The number of fused-ring (bicyclic) bond motifs is 3. The number of carbonyl (C=O) groups is 1. The summed E-state index contributed by atoms with van der Waals surface area (Å²) in [7, 11) is 0. The van der Waals surface area contributed by atoms with E-state index in [2.05, 4.69) is 0 Å². The highest BCUT2D eigenvalue weighted by Crippen LogP contribution is 2.44. The van der Waals surface area contributed by atoms with E-state index in [0.29, 0.717) is 5.56 Å². The summed E-state index contributed by atoms with van der Waals surface area (Å²) in [6.07, 6.45) is 0.776. The molecule has 1 aliphatic rings. The zero-order chi connectivity index (χ0) is 12.7. The van der Waals surface area contributed by atoms with Crippen molar-refractivity contribution >= 4 is 6.29 Å². The van der Waals surface area contributed by atoms with Gasteiger partial charge >= 0.3 is 0 Å². The highest BCUT2D eigenvalue weighted by Gasteiger charge is 2.28. The first-order chi connectivity index (χ1) is 8.74. The van der Waals surface area contributed by atoms with Crippen LogP contribution in [0.3, 0.4) is 0 Å². The first-order valence-corrected chi connectivity index (χ1v) is 5.74. The molecule has 18 heavy (non-hydrogen) atoms. The highest BCUT2D eigenvalue weighted by atomic mass is 19.1. The Hall–Kier alpha value is -2.00. The van der Waals surface area contributed by atoms with Gasteiger partial charge in [-0.1, -0.05) is 18.2 Å². The van der Waals surface area contributed by atoms with Crippen LogP contribution in [0.2, 0.25) is 0 Å². The van der Waals surface area contributed by atoms with Crippen LogP contribution in [0.4, 0.5) is 4.39 Å². The normalized spacial score (nSPS) is 16.2. The summed E-state index contributed by atoms with van der Waals surface area (Å²) in [6.45, 7) is -0.0915. The van der Waals surface area contributed by atoms with Crippen molar-refractivity contribution in [3.63, 3.8) is 0 Å². The van der Waals surface area contributed by atoms with Crippen LogP contribution in [-0.2, 0) is 0 Å². The van der Waals surface area contributed by atoms with Gasteiger partial charge in [0.05, 0.1) is 6.61 Å². The van der Waals surface area contributed by atoms with Crippen LogP contribution in [0.1, 0.15) is 27.4 Å². The summed E-state index contributed by atoms with van der Waals surface area (Å²) in [5, 5.41) is 9.50. The molecular weight excluding hydrogens is 231 g/mol. The molecule has 0 spiro atoms. The number of rotatable bonds is 2. The van der Waals surface area contributed by atoms with Crippen molar-refractivity contribution in [1.82, 2.24) is 0 Å². The Balaban J connectivity index is 2.26. The number of aliphatic hydroxyl groups excluding tert-OH is 1. The van der Waals surface area contributed by atoms with Gasteiger partial charge in [-0.25, -0.2) is 4.39 Å². The molecule has 1 N–H and O–H groups in total. The van der Waals surface area contributed by atoms with Gasteiger partial charge in [0, 0.05) is 11.5 Å². The summed E-state index contributed by atoms with van der Waals surface area (Å²) in [5.74, 6) is -0.554. The molecule has 0 saturated heterocycles. The van der Waals surface area contributed by atoms with Crippen molar-refractivity contribution in [1.29, 1.82) is 0 Å². The molecule has 0 radical (unpaired) electrons. The Bertz CT molecular complexity index is 634. The first-order valence-electron chi connectivity index (χ1n) is 5.74. The van der Waals surface area contributed by atoms with Crippen LogP contribution in [0.25, 0.3) is 11.1 Å². The molecule has 3 heteroatoms. The lowest BCUT2D eigenvalue weighted by molar-refractivity contribution is 0.112. The molecule has 1 unspecified atom stereocenters. The third-order valence-corrected chi connectivity index (χ3v) is 3.45. The molecule has 0 aliphatic heterocycles. The van der Waals surface area contributed by atoms with Gasteiger partial charge in [0.1, 0.15) is 12.1 Å². The lowest BCUT2D eigenvalue weighted by Crippen LogP contribution is -2.02. The Morgan fingerprint density at radius 3 is 2.44 bits per heavy atom. The van der Waals surface area contributed by atoms with E-state index >= 15 is 0 Å². The fraction of sp³-hybridized carbons (Fsp3) is 0.133. The van der Waals surface area contributed by atoms with Crippen LogP contribution in [0.15, 0.2) is 36.4 Å². The fourth-order valence-corrected chi connectivity index (χ4v) is 2.62. The van der Waals surface area contributed by atoms with E-state index in [1.807, 2.05) is 6.07 Å². The molecule has 2 nitrogen and oxygen atoms in total. The molecule has 0 aromatic heterocycles. The predicted octanol–water partition coefficient (Wildman–Crippen LogP) is 2.74. The lowest BCUT2D eigenvalue weighted by Gasteiger charge is -2.09. The largest absolute Gasteiger partial charge is 0.395 e. The Labute approximate surface area is 104 Å². The Kier molecular flexibility index (Phi) is 2.49. The first kappa shape index (κ1) is 11.1. The van der Waals surface area contributed by atoms with Crippen molar-refractivity contribution in [2.45, 2.75) is 5.92 Å². The average Bonchev–Trinajstić information content (AvgIpc) is 2.70. The number of halogens is 1. The minimum Gasteiger partial charge on any atom is -0.395 e. The van der Waals surface area contributed by atoms with Gasteiger partial charge in [-0.05, 0) is 40.5 Å². The summed E-state index contributed by atoms with van der Waals surface area (Å²) < 4.78 is 13.3. The SMILES string of the molecule is O=Cc1ccc2c(c1)C(CO)c1cc(F)ccc1-2. The van der Waals surface area contributed by atoms with Crippen molar-refractivity contribution in [2.75, 3.05) is 6.61 Å². The maximum atomic E-state index is 13.3. The maximum Gasteiger partial charge on any atom is 0.150 e. The van der Waals surface area contributed by atoms with Gasteiger partial charge in [0.25, 0.3) is 0 Å². The number of hydrogen-bond donors (Lipinski definition) is 1. The second kappa shape index (κ2) is 4.03. The smallest absolute Gasteiger partial charge is 0.150 e. The topological polar surface area (TPSA) is 37.3 Å². The van der Waals surface area contributed by atoms with E-state index in [0.717, 1.165) is 28.5 Å². The highest BCUT2D eigenvalue weighted by molar-refractivity contribution is 5.83. The molecule has 0 bridgehead atoms. The summed E-state index contributed by atoms with van der Waals surface area (Å²) in [6, 6.07) is 9.94. The van der Waals surface area contributed by atoms with E-state index < -0.39 is 0 Å². The molecule has 2 aromatic carbocycles. The predicted molar refractivity (Wildman–Crippen MR) is 66.2 cm³/mol. The number of carbonyl (C=O) groups excluding carboxylic acids is 1. The lowest BCUT2D eigenvalue weighted by atomic mass is 9.97. The van der Waals surface area contributed by atoms with Crippen LogP contribution in [0.5, 0.6) is 0 Å². The zero-order valence-electron chi connectivity index (χ0n) is 9.56. The molecule has 2 aromatic rings. The molecule has 0 amide bonds. The number of benzene rings is 2. The van der Waals surface area contributed by atoms with Crippen molar-refractivity contribution in [3.8, 4) is 11.1 Å². The van der Waals surface area contributed by atoms with Crippen molar-refractivity contribution < 1.29 is 14.3 Å². The summed E-state index contributed by atoms with van der Waals surface area (Å²) in [5.41, 5.74) is 4.15. The fourth-order valence-electron chi connectivity index (χ4n) is 2.62. The second-order valence-corrected chi connectivity index (χ2v) is 4.43. The van der Waals surface area contributed by atoms with Crippen molar-refractivity contribution in [3.05, 3.63) is 58.9 Å². The average molecular weight is 242 g/mol. The van der Waals surface area contributed by atoms with Gasteiger partial charge in [0.15, 0.2) is 0 Å². The van der Waals surface area contributed by atoms with E-state index in [-0.39, 0.29) is 18.3 Å². The van der Waals surface area contributed by atoms with Gasteiger partial charge in [0.2, 0.25) is 0 Å². The quantitative estimate of drug-likeness (QED) is 0.822. The molecule has 0 saturated carbocycles. The van der Waals surface area contributed by atoms with Crippen molar-refractivity contribution in [2.24, 2.45) is 0 Å². The van der Waals surface area contributed by atoms with E-state index in [4.69, 9.17) is 0 Å². The zero-order valence-corrected chi connectivity index (χ0v) is 9.56. The standard InChI is InChI=1S/C15H11FO2/c16-10-2-4-12-11-3-1-9(7-17)5-13(11)15(8-18)14(12)6-10/h1-7,15,18H,8H2. The van der Waals surface area contributed by atoms with E-state index in [9.17, 15) is 14.3 Å². The van der Waals surface area contributed by atoms with Gasteiger partial charge in [-0.3, -0.25) is 4.79 Å². The minimum absolute atomic E-state index is 0.0915. The number of hydrogen-bond acceptors (Lipinski definition) is 2. The molecule has 3 rings (SSSR count). The molecule has 90 valence electrons. The van der Waals surface area contributed by atoms with Crippen LogP contribution >= 0.6 is 0 Å². The van der Waals surface area contributed by atoms with Crippen LogP contribution < -0.4 is 0 Å². The third-order valence-electron chi connectivity index (χ3n) is 3.45. The molecule has 1 atom stereocenters. The summed E-state index contributed by atoms with van der Waals surface area (Å²) in [4.78, 5) is 10.8. The third kappa shape index (κ3) is 1.48. The molecule has 1 aliphatic carbocycles. The van der Waals surface area contributed by atoms with E-state index in [1.54, 1.807) is 18.2 Å². The number of aliphatic hydroxyl groups is 1. The molecule has 0 fully saturated rings. The van der Waals surface area contributed by atoms with Gasteiger partial charge in [-0.15, -0.1) is 0 Å². The van der Waals surface area contributed by atoms with E-state index in [1.165, 1.54) is 12.1 Å². The molecular formula is C15H11FO2. The monoisotopic (exact) mass is 242 g/mol. The second-order valence-electron chi connectivity index (χ2n) is 4.43. The number of aldehydes is 1.